The molecule has 0 N–H and O–H groups in total. The predicted octanol–water partition coefficient (Wildman–Crippen LogP) is 3.21. The van der Waals surface area contributed by atoms with Gasteiger partial charge in [0.1, 0.15) is 0 Å². The molecule has 0 fully saturated rings. The molecule has 0 atom stereocenters. The molecule has 0 bridgehead atoms. The second-order valence-corrected chi connectivity index (χ2v) is 11.0. The molecular formula is C14H22O3Si. The number of ether oxygens (including phenoxy) is 2. The fraction of sp³-hybridized carbons (Fsp3) is 0.500. The van der Waals surface area contributed by atoms with Gasteiger partial charge >= 0.3 is 5.97 Å². The van der Waals surface area contributed by atoms with Gasteiger partial charge in [0.05, 0.1) is 27.2 Å². The highest BCUT2D eigenvalue weighted by atomic mass is 28.3. The number of hydrogen-bond acceptors (Lipinski definition) is 3. The summed E-state index contributed by atoms with van der Waals surface area (Å²) in [6, 6.07) is 0. The zero-order valence-corrected chi connectivity index (χ0v) is 12.7. The van der Waals surface area contributed by atoms with Crippen molar-refractivity contribution in [1.29, 1.82) is 0 Å². The van der Waals surface area contributed by atoms with Crippen molar-refractivity contribution in [2.75, 3.05) is 13.3 Å². The minimum atomic E-state index is -1.32. The van der Waals surface area contributed by atoms with E-state index >= 15 is 0 Å². The Labute approximate surface area is 110 Å². The zero-order chi connectivity index (χ0) is 13.6. The van der Waals surface area contributed by atoms with E-state index in [4.69, 9.17) is 9.47 Å². The van der Waals surface area contributed by atoms with E-state index in [0.717, 1.165) is 24.2 Å². The molecule has 100 valence electrons. The minimum Gasteiger partial charge on any atom is -0.501 e. The second kappa shape index (κ2) is 6.59. The zero-order valence-electron chi connectivity index (χ0n) is 11.7. The lowest BCUT2D eigenvalue weighted by atomic mass is 10.0. The summed E-state index contributed by atoms with van der Waals surface area (Å²) >= 11 is 0. The fourth-order valence-electron chi connectivity index (χ4n) is 1.45. The van der Waals surface area contributed by atoms with Gasteiger partial charge in [0.15, 0.2) is 0 Å². The first-order valence-electron chi connectivity index (χ1n) is 6.19. The highest BCUT2D eigenvalue weighted by Gasteiger charge is 2.15. The van der Waals surface area contributed by atoms with Crippen LogP contribution in [0.15, 0.2) is 35.6 Å². The summed E-state index contributed by atoms with van der Waals surface area (Å²) in [6.07, 6.45) is 9.62. The van der Waals surface area contributed by atoms with Gasteiger partial charge in [-0.3, -0.25) is 0 Å². The lowest BCUT2D eigenvalue weighted by Gasteiger charge is -2.14. The Morgan fingerprint density at radius 3 is 2.56 bits per heavy atom. The number of allylic oxidation sites excluding steroid dienone is 5. The Kier molecular flexibility index (Phi) is 5.41. The number of carbonyl (C=O) groups excluding carboxylic acids is 1. The molecule has 0 amide bonds. The summed E-state index contributed by atoms with van der Waals surface area (Å²) in [5.41, 5.74) is 1.13. The molecule has 0 unspecified atom stereocenters. The van der Waals surface area contributed by atoms with Crippen LogP contribution in [-0.4, -0.2) is 27.4 Å². The number of esters is 1. The largest absolute Gasteiger partial charge is 0.501 e. The predicted molar refractivity (Wildman–Crippen MR) is 75.9 cm³/mol. The van der Waals surface area contributed by atoms with E-state index in [1.165, 1.54) is 6.08 Å². The molecule has 1 aliphatic rings. The van der Waals surface area contributed by atoms with Gasteiger partial charge in [-0.05, 0) is 18.1 Å². The standard InChI is InChI=1S/C14H22O3Si/c1-16-13-8-5-12(6-9-13)7-10-14(15)17-11-18(2,3)4/h5,7-8,10H,6,9,11H2,1-4H3/b10-7+. The van der Waals surface area contributed by atoms with Gasteiger partial charge in [0, 0.05) is 12.5 Å². The Balaban J connectivity index is 2.43. The minimum absolute atomic E-state index is 0.250. The van der Waals surface area contributed by atoms with Crippen LogP contribution in [0.3, 0.4) is 0 Å². The van der Waals surface area contributed by atoms with Crippen molar-refractivity contribution in [1.82, 2.24) is 0 Å². The van der Waals surface area contributed by atoms with Crippen LogP contribution < -0.4 is 0 Å². The van der Waals surface area contributed by atoms with Crippen LogP contribution in [0.1, 0.15) is 12.8 Å². The van der Waals surface area contributed by atoms with E-state index in [0.29, 0.717) is 6.23 Å². The van der Waals surface area contributed by atoms with Crippen molar-refractivity contribution in [3.05, 3.63) is 35.6 Å². The van der Waals surface area contributed by atoms with Crippen molar-refractivity contribution in [2.45, 2.75) is 32.5 Å². The van der Waals surface area contributed by atoms with Gasteiger partial charge < -0.3 is 9.47 Å². The first kappa shape index (κ1) is 14.8. The topological polar surface area (TPSA) is 35.5 Å². The van der Waals surface area contributed by atoms with E-state index in [9.17, 15) is 4.79 Å². The maximum Gasteiger partial charge on any atom is 0.330 e. The molecule has 1 aliphatic carbocycles. The SMILES string of the molecule is COC1=CC=C(/C=C/C(=O)OC[Si](C)(C)C)CC1. The van der Waals surface area contributed by atoms with Crippen LogP contribution in [0.2, 0.25) is 19.6 Å². The third-order valence-corrected chi connectivity index (χ3v) is 3.50. The molecule has 3 nitrogen and oxygen atoms in total. The molecule has 4 heteroatoms. The van der Waals surface area contributed by atoms with Crippen LogP contribution >= 0.6 is 0 Å². The smallest absolute Gasteiger partial charge is 0.330 e. The molecule has 0 saturated heterocycles. The summed E-state index contributed by atoms with van der Waals surface area (Å²) in [5, 5.41) is 0. The number of rotatable bonds is 5. The Morgan fingerprint density at radius 1 is 1.33 bits per heavy atom. The molecule has 0 spiro atoms. The summed E-state index contributed by atoms with van der Waals surface area (Å²) in [6.45, 7) is 6.51. The van der Waals surface area contributed by atoms with Crippen LogP contribution in [0.4, 0.5) is 0 Å². The van der Waals surface area contributed by atoms with Crippen molar-refractivity contribution >= 4 is 14.0 Å². The Morgan fingerprint density at radius 2 is 2.06 bits per heavy atom. The van der Waals surface area contributed by atoms with Crippen LogP contribution in [0.25, 0.3) is 0 Å². The molecule has 0 saturated carbocycles. The molecule has 18 heavy (non-hydrogen) atoms. The van der Waals surface area contributed by atoms with Crippen molar-refractivity contribution < 1.29 is 14.3 Å². The maximum absolute atomic E-state index is 11.5. The second-order valence-electron chi connectivity index (χ2n) is 5.58. The molecule has 1 rings (SSSR count). The summed E-state index contributed by atoms with van der Waals surface area (Å²) in [4.78, 5) is 11.5. The van der Waals surface area contributed by atoms with E-state index in [1.807, 2.05) is 18.2 Å². The van der Waals surface area contributed by atoms with Gasteiger partial charge in [-0.15, -0.1) is 0 Å². The van der Waals surface area contributed by atoms with Gasteiger partial charge in [0.25, 0.3) is 0 Å². The van der Waals surface area contributed by atoms with E-state index in [-0.39, 0.29) is 5.97 Å². The average Bonchev–Trinajstić information content (AvgIpc) is 2.33. The number of hydrogen-bond donors (Lipinski definition) is 0. The van der Waals surface area contributed by atoms with Gasteiger partial charge in [0.2, 0.25) is 0 Å². The maximum atomic E-state index is 11.5. The fourth-order valence-corrected chi connectivity index (χ4v) is 2.03. The molecule has 0 radical (unpaired) electrons. The number of carbonyl (C=O) groups is 1. The van der Waals surface area contributed by atoms with Crippen molar-refractivity contribution in [3.63, 3.8) is 0 Å². The quantitative estimate of drug-likeness (QED) is 0.435. The summed E-state index contributed by atoms with van der Waals surface area (Å²) < 4.78 is 10.4. The third kappa shape index (κ3) is 5.86. The summed E-state index contributed by atoms with van der Waals surface area (Å²) in [7, 11) is 0.355. The molecule has 0 aromatic rings. The van der Waals surface area contributed by atoms with E-state index in [1.54, 1.807) is 7.11 Å². The summed E-state index contributed by atoms with van der Waals surface area (Å²) in [5.74, 6) is 0.730. The average molecular weight is 266 g/mol. The van der Waals surface area contributed by atoms with Crippen LogP contribution in [-0.2, 0) is 14.3 Å². The monoisotopic (exact) mass is 266 g/mol. The first-order chi connectivity index (χ1) is 8.40. The molecule has 0 aromatic heterocycles. The molecular weight excluding hydrogens is 244 g/mol. The van der Waals surface area contributed by atoms with Crippen molar-refractivity contribution in [2.24, 2.45) is 0 Å². The Bertz CT molecular complexity index is 386. The molecule has 0 aliphatic heterocycles. The van der Waals surface area contributed by atoms with E-state index in [2.05, 4.69) is 19.6 Å². The lowest BCUT2D eigenvalue weighted by molar-refractivity contribution is -0.136. The van der Waals surface area contributed by atoms with Crippen LogP contribution in [0.5, 0.6) is 0 Å². The van der Waals surface area contributed by atoms with Crippen molar-refractivity contribution in [3.8, 4) is 0 Å². The third-order valence-electron chi connectivity index (χ3n) is 2.49. The van der Waals surface area contributed by atoms with Gasteiger partial charge in [-0.1, -0.05) is 31.8 Å². The van der Waals surface area contributed by atoms with Gasteiger partial charge in [-0.2, -0.15) is 0 Å². The van der Waals surface area contributed by atoms with E-state index < -0.39 is 8.07 Å². The highest BCUT2D eigenvalue weighted by molar-refractivity contribution is 6.76. The lowest BCUT2D eigenvalue weighted by Crippen LogP contribution is -2.29. The first-order valence-corrected chi connectivity index (χ1v) is 9.90. The van der Waals surface area contributed by atoms with Crippen LogP contribution in [0, 0.1) is 0 Å². The Hall–Kier alpha value is -1.29. The normalized spacial score (nSPS) is 16.2. The van der Waals surface area contributed by atoms with Gasteiger partial charge in [-0.25, -0.2) is 4.79 Å². The molecule has 0 aromatic carbocycles. The molecule has 0 heterocycles. The highest BCUT2D eigenvalue weighted by Crippen LogP contribution is 2.19. The number of methoxy groups -OCH3 is 1.